The van der Waals surface area contributed by atoms with Crippen molar-refractivity contribution in [1.82, 2.24) is 5.32 Å². The lowest BCUT2D eigenvalue weighted by Gasteiger charge is -2.43. The zero-order chi connectivity index (χ0) is 12.6. The molecule has 1 aliphatic heterocycles. The number of hydrogen-bond donors (Lipinski definition) is 1. The molecular formula is C14H13BrClNS. The van der Waals surface area contributed by atoms with E-state index in [1.165, 1.54) is 14.2 Å². The highest BCUT2D eigenvalue weighted by atomic mass is 79.9. The van der Waals surface area contributed by atoms with E-state index in [0.717, 1.165) is 24.5 Å². The Hall–Kier alpha value is -0.350. The molecule has 2 heterocycles. The van der Waals surface area contributed by atoms with Gasteiger partial charge in [-0.15, -0.1) is 11.3 Å². The SMILES string of the molecule is Clc1ccccc1C1(Cc2ccc(Br)s2)CNC1. The molecule has 0 atom stereocenters. The molecule has 4 heteroatoms. The Morgan fingerprint density at radius 1 is 1.22 bits per heavy atom. The zero-order valence-electron chi connectivity index (χ0n) is 9.75. The van der Waals surface area contributed by atoms with Crippen LogP contribution in [-0.2, 0) is 11.8 Å². The first-order valence-corrected chi connectivity index (χ1v) is 7.88. The monoisotopic (exact) mass is 341 g/mol. The third-order valence-electron chi connectivity index (χ3n) is 3.51. The van der Waals surface area contributed by atoms with Crippen molar-refractivity contribution in [2.45, 2.75) is 11.8 Å². The smallest absolute Gasteiger partial charge is 0.0701 e. The topological polar surface area (TPSA) is 12.0 Å². The predicted molar refractivity (Wildman–Crippen MR) is 81.7 cm³/mol. The largest absolute Gasteiger partial charge is 0.315 e. The van der Waals surface area contributed by atoms with Crippen molar-refractivity contribution in [1.29, 1.82) is 0 Å². The van der Waals surface area contributed by atoms with Gasteiger partial charge in [0.05, 0.1) is 3.79 Å². The van der Waals surface area contributed by atoms with E-state index < -0.39 is 0 Å². The van der Waals surface area contributed by atoms with Crippen LogP contribution in [0.4, 0.5) is 0 Å². The van der Waals surface area contributed by atoms with Gasteiger partial charge in [-0.3, -0.25) is 0 Å². The van der Waals surface area contributed by atoms with E-state index in [4.69, 9.17) is 11.6 Å². The highest BCUT2D eigenvalue weighted by molar-refractivity contribution is 9.11. The molecular weight excluding hydrogens is 330 g/mol. The van der Waals surface area contributed by atoms with Gasteiger partial charge in [-0.2, -0.15) is 0 Å². The number of benzene rings is 1. The van der Waals surface area contributed by atoms with Gasteiger partial charge < -0.3 is 5.32 Å². The Labute approximate surface area is 124 Å². The average molecular weight is 343 g/mol. The second kappa shape index (κ2) is 4.97. The van der Waals surface area contributed by atoms with Crippen LogP contribution < -0.4 is 5.32 Å². The van der Waals surface area contributed by atoms with Crippen molar-refractivity contribution in [3.8, 4) is 0 Å². The molecule has 0 spiro atoms. The fourth-order valence-electron chi connectivity index (χ4n) is 2.51. The van der Waals surface area contributed by atoms with Crippen molar-refractivity contribution < 1.29 is 0 Å². The molecule has 0 radical (unpaired) electrons. The summed E-state index contributed by atoms with van der Waals surface area (Å²) in [7, 11) is 0. The van der Waals surface area contributed by atoms with E-state index in [-0.39, 0.29) is 5.41 Å². The van der Waals surface area contributed by atoms with Gasteiger partial charge in [-0.05, 0) is 46.1 Å². The molecule has 2 aromatic rings. The van der Waals surface area contributed by atoms with Crippen molar-refractivity contribution in [3.63, 3.8) is 0 Å². The molecule has 0 amide bonds. The summed E-state index contributed by atoms with van der Waals surface area (Å²) in [5, 5.41) is 4.27. The molecule has 1 saturated heterocycles. The Bertz CT molecular complexity index is 562. The van der Waals surface area contributed by atoms with Crippen LogP contribution in [0.5, 0.6) is 0 Å². The van der Waals surface area contributed by atoms with Crippen LogP contribution >= 0.6 is 38.9 Å². The Kier molecular flexibility index (Phi) is 3.50. The van der Waals surface area contributed by atoms with Crippen LogP contribution in [0.1, 0.15) is 10.4 Å². The van der Waals surface area contributed by atoms with Crippen molar-refractivity contribution in [3.05, 3.63) is 55.6 Å². The third kappa shape index (κ3) is 2.25. The van der Waals surface area contributed by atoms with E-state index in [9.17, 15) is 0 Å². The van der Waals surface area contributed by atoms with E-state index in [1.54, 1.807) is 0 Å². The summed E-state index contributed by atoms with van der Waals surface area (Å²) in [6.07, 6.45) is 1.06. The van der Waals surface area contributed by atoms with Crippen molar-refractivity contribution in [2.75, 3.05) is 13.1 Å². The van der Waals surface area contributed by atoms with Gasteiger partial charge in [0.15, 0.2) is 0 Å². The summed E-state index contributed by atoms with van der Waals surface area (Å²) in [5.41, 5.74) is 1.44. The quantitative estimate of drug-likeness (QED) is 0.879. The van der Waals surface area contributed by atoms with Gasteiger partial charge in [0, 0.05) is 28.4 Å². The second-order valence-corrected chi connectivity index (χ2v) is 7.70. The molecule has 1 aromatic heterocycles. The minimum atomic E-state index is 0.169. The molecule has 1 aliphatic rings. The summed E-state index contributed by atoms with van der Waals surface area (Å²) >= 11 is 11.7. The lowest BCUT2D eigenvalue weighted by atomic mass is 9.72. The molecule has 0 bridgehead atoms. The highest BCUT2D eigenvalue weighted by Crippen LogP contribution is 2.38. The van der Waals surface area contributed by atoms with E-state index in [1.807, 2.05) is 23.5 Å². The van der Waals surface area contributed by atoms with Gasteiger partial charge in [0.2, 0.25) is 0 Å². The van der Waals surface area contributed by atoms with Gasteiger partial charge in [0.1, 0.15) is 0 Å². The first kappa shape index (κ1) is 12.7. The van der Waals surface area contributed by atoms with Gasteiger partial charge >= 0.3 is 0 Å². The molecule has 3 rings (SSSR count). The van der Waals surface area contributed by atoms with Crippen molar-refractivity contribution in [2.24, 2.45) is 0 Å². The Morgan fingerprint density at radius 2 is 2.00 bits per heavy atom. The van der Waals surface area contributed by atoms with E-state index >= 15 is 0 Å². The number of thiophene rings is 1. The Balaban J connectivity index is 1.93. The maximum atomic E-state index is 6.36. The molecule has 1 aromatic carbocycles. The third-order valence-corrected chi connectivity index (χ3v) is 5.47. The van der Waals surface area contributed by atoms with Crippen LogP contribution in [-0.4, -0.2) is 13.1 Å². The number of rotatable bonds is 3. The summed E-state index contributed by atoms with van der Waals surface area (Å²) in [5.74, 6) is 0. The summed E-state index contributed by atoms with van der Waals surface area (Å²) in [6, 6.07) is 12.5. The van der Waals surface area contributed by atoms with Gasteiger partial charge in [-0.25, -0.2) is 0 Å². The molecule has 94 valence electrons. The standard InChI is InChI=1S/C14H13BrClNS/c15-13-6-5-10(18-13)7-14(8-17-9-14)11-3-1-2-4-12(11)16/h1-6,17H,7-9H2. The maximum Gasteiger partial charge on any atom is 0.0701 e. The number of hydrogen-bond acceptors (Lipinski definition) is 2. The molecule has 18 heavy (non-hydrogen) atoms. The van der Waals surface area contributed by atoms with E-state index in [2.05, 4.69) is 45.5 Å². The van der Waals surface area contributed by atoms with Gasteiger partial charge in [0.25, 0.3) is 0 Å². The van der Waals surface area contributed by atoms with Gasteiger partial charge in [-0.1, -0.05) is 29.8 Å². The van der Waals surface area contributed by atoms with Crippen molar-refractivity contribution >= 4 is 38.9 Å². The normalized spacial score (nSPS) is 17.4. The second-order valence-electron chi connectivity index (χ2n) is 4.75. The van der Waals surface area contributed by atoms with E-state index in [0.29, 0.717) is 0 Å². The Morgan fingerprint density at radius 3 is 2.56 bits per heavy atom. The fourth-order valence-corrected chi connectivity index (χ4v) is 4.47. The average Bonchev–Trinajstić information content (AvgIpc) is 2.71. The molecule has 0 aliphatic carbocycles. The summed E-state index contributed by atoms with van der Waals surface area (Å²) in [4.78, 5) is 1.41. The molecule has 0 unspecified atom stereocenters. The molecule has 1 fully saturated rings. The lowest BCUT2D eigenvalue weighted by molar-refractivity contribution is 0.276. The predicted octanol–water partition coefficient (Wildman–Crippen LogP) is 4.25. The van der Waals surface area contributed by atoms with Crippen LogP contribution in [0.15, 0.2) is 40.2 Å². The van der Waals surface area contributed by atoms with Crippen LogP contribution in [0, 0.1) is 0 Å². The first-order chi connectivity index (χ1) is 8.70. The zero-order valence-corrected chi connectivity index (χ0v) is 12.9. The van der Waals surface area contributed by atoms with Crippen LogP contribution in [0.2, 0.25) is 5.02 Å². The number of nitrogens with one attached hydrogen (secondary N) is 1. The molecule has 1 nitrogen and oxygen atoms in total. The molecule has 1 N–H and O–H groups in total. The highest BCUT2D eigenvalue weighted by Gasteiger charge is 2.40. The lowest BCUT2D eigenvalue weighted by Crippen LogP contribution is -2.58. The fraction of sp³-hybridized carbons (Fsp3) is 0.286. The minimum absolute atomic E-state index is 0.169. The summed E-state index contributed by atoms with van der Waals surface area (Å²) in [6.45, 7) is 2.01. The summed E-state index contributed by atoms with van der Waals surface area (Å²) < 4.78 is 1.19. The molecule has 0 saturated carbocycles. The number of halogens is 2. The maximum absolute atomic E-state index is 6.36. The van der Waals surface area contributed by atoms with Crippen LogP contribution in [0.25, 0.3) is 0 Å². The van der Waals surface area contributed by atoms with Crippen LogP contribution in [0.3, 0.4) is 0 Å². The first-order valence-electron chi connectivity index (χ1n) is 5.90. The minimum Gasteiger partial charge on any atom is -0.315 e.